The Morgan fingerprint density at radius 1 is 1.24 bits per heavy atom. The average molecular weight is 358 g/mol. The van der Waals surface area contributed by atoms with Crippen LogP contribution in [-0.4, -0.2) is 38.4 Å². The zero-order valence-electron chi connectivity index (χ0n) is 14.2. The molecule has 0 fully saturated rings. The SMILES string of the molecule is COCCOC(=O)c1c(C)[nH]c(=S)c(C#N)c1-c1ccc(OC)cc1. The molecular weight excluding hydrogens is 340 g/mol. The highest BCUT2D eigenvalue weighted by Gasteiger charge is 2.22. The number of nitriles is 1. The molecule has 2 aromatic rings. The Morgan fingerprint density at radius 3 is 2.48 bits per heavy atom. The lowest BCUT2D eigenvalue weighted by atomic mass is 9.95. The number of nitrogens with zero attached hydrogens (tertiary/aromatic N) is 1. The molecule has 25 heavy (non-hydrogen) atoms. The van der Waals surface area contributed by atoms with Crippen molar-refractivity contribution in [2.75, 3.05) is 27.4 Å². The van der Waals surface area contributed by atoms with Crippen molar-refractivity contribution in [1.29, 1.82) is 5.26 Å². The van der Waals surface area contributed by atoms with Crippen molar-refractivity contribution in [3.63, 3.8) is 0 Å². The predicted molar refractivity (Wildman–Crippen MR) is 95.2 cm³/mol. The van der Waals surface area contributed by atoms with Crippen LogP contribution < -0.4 is 4.74 Å². The lowest BCUT2D eigenvalue weighted by molar-refractivity contribution is 0.0387. The number of carbonyl (C=O) groups is 1. The molecule has 0 amide bonds. The van der Waals surface area contributed by atoms with E-state index in [1.807, 2.05) is 0 Å². The highest BCUT2D eigenvalue weighted by molar-refractivity contribution is 7.71. The number of hydrogen-bond acceptors (Lipinski definition) is 6. The summed E-state index contributed by atoms with van der Waals surface area (Å²) in [5.74, 6) is 0.132. The smallest absolute Gasteiger partial charge is 0.340 e. The minimum Gasteiger partial charge on any atom is -0.497 e. The molecule has 0 spiro atoms. The summed E-state index contributed by atoms with van der Waals surface area (Å²) < 4.78 is 15.6. The molecule has 0 saturated heterocycles. The van der Waals surface area contributed by atoms with Crippen LogP contribution in [0.15, 0.2) is 24.3 Å². The zero-order chi connectivity index (χ0) is 18.4. The molecule has 6 nitrogen and oxygen atoms in total. The Hall–Kier alpha value is -2.69. The molecule has 1 aromatic carbocycles. The van der Waals surface area contributed by atoms with Gasteiger partial charge in [-0.15, -0.1) is 0 Å². The highest BCUT2D eigenvalue weighted by atomic mass is 32.1. The van der Waals surface area contributed by atoms with Crippen LogP contribution in [0.4, 0.5) is 0 Å². The van der Waals surface area contributed by atoms with Crippen LogP contribution in [0.2, 0.25) is 0 Å². The first kappa shape index (κ1) is 18.6. The molecule has 0 aliphatic carbocycles. The Kier molecular flexibility index (Phi) is 6.28. The first-order chi connectivity index (χ1) is 12.0. The van der Waals surface area contributed by atoms with Crippen molar-refractivity contribution < 1.29 is 19.0 Å². The highest BCUT2D eigenvalue weighted by Crippen LogP contribution is 2.31. The predicted octanol–water partition coefficient (Wildman–Crippen LogP) is 3.40. The maximum atomic E-state index is 12.6. The van der Waals surface area contributed by atoms with E-state index in [9.17, 15) is 10.1 Å². The van der Waals surface area contributed by atoms with E-state index in [1.54, 1.807) is 38.3 Å². The summed E-state index contributed by atoms with van der Waals surface area (Å²) in [4.78, 5) is 15.5. The zero-order valence-corrected chi connectivity index (χ0v) is 15.0. The standard InChI is InChI=1S/C18H18N2O4S/c1-11-15(18(21)24-9-8-22-2)16(14(10-19)17(25)20-11)12-4-6-13(23-3)7-5-12/h4-7H,8-9H2,1-3H3,(H,20,25). The number of rotatable bonds is 6. The van der Waals surface area contributed by atoms with Gasteiger partial charge >= 0.3 is 5.97 Å². The van der Waals surface area contributed by atoms with E-state index < -0.39 is 5.97 Å². The number of aryl methyl sites for hydroxylation is 1. The molecule has 1 aromatic heterocycles. The maximum Gasteiger partial charge on any atom is 0.340 e. The average Bonchev–Trinajstić information content (AvgIpc) is 2.61. The van der Waals surface area contributed by atoms with Crippen LogP contribution in [0.1, 0.15) is 21.6 Å². The first-order valence-corrected chi connectivity index (χ1v) is 7.91. The lowest BCUT2D eigenvalue weighted by Gasteiger charge is -2.15. The number of ether oxygens (including phenoxy) is 3. The van der Waals surface area contributed by atoms with Crippen LogP contribution in [0.5, 0.6) is 5.75 Å². The summed E-state index contributed by atoms with van der Waals surface area (Å²) in [7, 11) is 3.09. The summed E-state index contributed by atoms with van der Waals surface area (Å²) in [5.41, 5.74) is 2.18. The van der Waals surface area contributed by atoms with E-state index in [0.29, 0.717) is 22.6 Å². The van der Waals surface area contributed by atoms with Gasteiger partial charge in [0.2, 0.25) is 0 Å². The Morgan fingerprint density at radius 2 is 1.92 bits per heavy atom. The molecular formula is C18H18N2O4S. The van der Waals surface area contributed by atoms with Gasteiger partial charge in [0.25, 0.3) is 0 Å². The maximum absolute atomic E-state index is 12.6. The van der Waals surface area contributed by atoms with Gasteiger partial charge in [0.1, 0.15) is 23.1 Å². The number of aromatic amines is 1. The van der Waals surface area contributed by atoms with Gasteiger partial charge in [-0.05, 0) is 24.6 Å². The van der Waals surface area contributed by atoms with Crippen LogP contribution in [-0.2, 0) is 9.47 Å². The fraction of sp³-hybridized carbons (Fsp3) is 0.278. The van der Waals surface area contributed by atoms with Crippen molar-refractivity contribution >= 4 is 18.2 Å². The van der Waals surface area contributed by atoms with Gasteiger partial charge in [0.05, 0.1) is 24.8 Å². The minimum atomic E-state index is -0.539. The molecule has 0 bridgehead atoms. The number of benzene rings is 1. The van der Waals surface area contributed by atoms with Crippen LogP contribution >= 0.6 is 12.2 Å². The fourth-order valence-corrected chi connectivity index (χ4v) is 2.72. The molecule has 7 heteroatoms. The number of H-pyrrole nitrogens is 1. The van der Waals surface area contributed by atoms with Gasteiger partial charge in [0.15, 0.2) is 0 Å². The molecule has 0 unspecified atom stereocenters. The summed E-state index contributed by atoms with van der Waals surface area (Å²) >= 11 is 5.25. The van der Waals surface area contributed by atoms with E-state index >= 15 is 0 Å². The Bertz CT molecular complexity index is 866. The molecule has 0 atom stereocenters. The second kappa shape index (κ2) is 8.42. The van der Waals surface area contributed by atoms with Gasteiger partial charge in [-0.2, -0.15) is 5.26 Å². The fourth-order valence-electron chi connectivity index (χ4n) is 2.42. The van der Waals surface area contributed by atoms with Gasteiger partial charge in [-0.3, -0.25) is 0 Å². The summed E-state index contributed by atoms with van der Waals surface area (Å²) in [5, 5.41) is 9.54. The minimum absolute atomic E-state index is 0.119. The summed E-state index contributed by atoms with van der Waals surface area (Å²) in [6, 6.07) is 9.14. The van der Waals surface area contributed by atoms with E-state index in [0.717, 1.165) is 0 Å². The van der Waals surface area contributed by atoms with E-state index in [1.165, 1.54) is 7.11 Å². The first-order valence-electron chi connectivity index (χ1n) is 7.51. The topological polar surface area (TPSA) is 84.3 Å². The molecule has 1 heterocycles. The molecule has 130 valence electrons. The van der Waals surface area contributed by atoms with E-state index in [2.05, 4.69) is 11.1 Å². The normalized spacial score (nSPS) is 10.2. The molecule has 0 saturated carbocycles. The number of pyridine rings is 1. The Labute approximate surface area is 151 Å². The van der Waals surface area contributed by atoms with Crippen molar-refractivity contribution in [3.8, 4) is 22.9 Å². The summed E-state index contributed by atoms with van der Waals surface area (Å²) in [6.45, 7) is 2.13. The third kappa shape index (κ3) is 4.05. The second-order valence-electron chi connectivity index (χ2n) is 5.17. The van der Waals surface area contributed by atoms with Crippen LogP contribution in [0, 0.1) is 22.9 Å². The van der Waals surface area contributed by atoms with Crippen molar-refractivity contribution in [2.24, 2.45) is 0 Å². The van der Waals surface area contributed by atoms with Crippen LogP contribution in [0.3, 0.4) is 0 Å². The molecule has 0 radical (unpaired) electrons. The second-order valence-corrected chi connectivity index (χ2v) is 5.58. The molecule has 0 aliphatic heterocycles. The molecule has 0 aliphatic rings. The number of esters is 1. The molecule has 1 N–H and O–H groups in total. The van der Waals surface area contributed by atoms with Crippen molar-refractivity contribution in [1.82, 2.24) is 4.98 Å². The monoisotopic (exact) mass is 358 g/mol. The van der Waals surface area contributed by atoms with Gasteiger partial charge in [-0.25, -0.2) is 4.79 Å². The largest absolute Gasteiger partial charge is 0.497 e. The number of aromatic nitrogens is 1. The quantitative estimate of drug-likeness (QED) is 0.484. The summed E-state index contributed by atoms with van der Waals surface area (Å²) in [6.07, 6.45) is 0. The van der Waals surface area contributed by atoms with Gasteiger partial charge in [-0.1, -0.05) is 24.4 Å². The van der Waals surface area contributed by atoms with E-state index in [-0.39, 0.29) is 29.0 Å². The number of carbonyl (C=O) groups excluding carboxylic acids is 1. The lowest BCUT2D eigenvalue weighted by Crippen LogP contribution is -2.14. The van der Waals surface area contributed by atoms with Crippen molar-refractivity contribution in [2.45, 2.75) is 6.92 Å². The number of hydrogen-bond donors (Lipinski definition) is 1. The Balaban J connectivity index is 2.63. The third-order valence-corrected chi connectivity index (χ3v) is 3.92. The third-order valence-electron chi connectivity index (χ3n) is 3.62. The number of nitrogens with one attached hydrogen (secondary N) is 1. The van der Waals surface area contributed by atoms with E-state index in [4.69, 9.17) is 26.4 Å². The van der Waals surface area contributed by atoms with Crippen LogP contribution in [0.25, 0.3) is 11.1 Å². The van der Waals surface area contributed by atoms with Gasteiger partial charge in [0, 0.05) is 18.4 Å². The number of methoxy groups -OCH3 is 2. The molecule has 2 rings (SSSR count). The van der Waals surface area contributed by atoms with Gasteiger partial charge < -0.3 is 19.2 Å². The van der Waals surface area contributed by atoms with Crippen molar-refractivity contribution in [3.05, 3.63) is 45.7 Å².